The van der Waals surface area contributed by atoms with Crippen LogP contribution >= 0.6 is 0 Å². The summed E-state index contributed by atoms with van der Waals surface area (Å²) in [5, 5.41) is 0. The number of unbranched alkanes of at least 4 members (excludes halogenated alkanes) is 1. The van der Waals surface area contributed by atoms with Gasteiger partial charge >= 0.3 is 5.97 Å². The van der Waals surface area contributed by atoms with Gasteiger partial charge < -0.3 is 14.5 Å². The second kappa shape index (κ2) is 10.8. The molecule has 0 saturated heterocycles. The summed E-state index contributed by atoms with van der Waals surface area (Å²) in [6, 6.07) is 7.33. The third-order valence-corrected chi connectivity index (χ3v) is 7.53. The van der Waals surface area contributed by atoms with Crippen molar-refractivity contribution < 1.29 is 13.9 Å². The maximum absolute atomic E-state index is 13.9. The summed E-state index contributed by atoms with van der Waals surface area (Å²) in [6.45, 7) is 5.03. The number of hydrogen-bond acceptors (Lipinski definition) is 5. The lowest BCUT2D eigenvalue weighted by Gasteiger charge is -2.40. The third-order valence-electron chi connectivity index (χ3n) is 7.53. The number of aliphatic imine (C=N–C) groups is 1. The highest BCUT2D eigenvalue weighted by atomic mass is 19.1. The zero-order valence-electron chi connectivity index (χ0n) is 20.4. The number of esters is 1. The Morgan fingerprint density at radius 2 is 2.03 bits per heavy atom. The first kappa shape index (κ1) is 24.7. The summed E-state index contributed by atoms with van der Waals surface area (Å²) in [5.41, 5.74) is 0.235. The Labute approximate surface area is 193 Å². The summed E-state index contributed by atoms with van der Waals surface area (Å²) in [6.07, 6.45) is 9.50. The number of carbonyl (C=O) groups excluding carboxylic acids is 1. The minimum atomic E-state index is -0.826. The van der Waals surface area contributed by atoms with E-state index in [1.54, 1.807) is 6.07 Å². The van der Waals surface area contributed by atoms with E-state index in [1.807, 2.05) is 25.4 Å². The van der Waals surface area contributed by atoms with Crippen LogP contribution in [0.25, 0.3) is 0 Å². The molecule has 5 nitrogen and oxygen atoms in total. The topological polar surface area (TPSA) is 45.1 Å². The minimum absolute atomic E-state index is 0.0518. The van der Waals surface area contributed by atoms with Crippen molar-refractivity contribution in [1.82, 2.24) is 9.80 Å². The first-order chi connectivity index (χ1) is 15.3. The monoisotopic (exact) mass is 445 g/mol. The van der Waals surface area contributed by atoms with Gasteiger partial charge in [-0.15, -0.1) is 0 Å². The van der Waals surface area contributed by atoms with Crippen LogP contribution < -0.4 is 0 Å². The molecule has 0 bridgehead atoms. The molecule has 1 saturated carbocycles. The molecule has 6 heteroatoms. The fourth-order valence-electron chi connectivity index (χ4n) is 5.74. The third kappa shape index (κ3) is 5.33. The van der Waals surface area contributed by atoms with E-state index in [-0.39, 0.29) is 23.9 Å². The van der Waals surface area contributed by atoms with Crippen LogP contribution in [-0.4, -0.2) is 61.4 Å². The Bertz CT molecular complexity index is 791. The van der Waals surface area contributed by atoms with Crippen molar-refractivity contribution in [2.45, 2.75) is 76.4 Å². The number of methoxy groups -OCH3 is 1. The first-order valence-corrected chi connectivity index (χ1v) is 12.1. The maximum Gasteiger partial charge on any atom is 0.335 e. The van der Waals surface area contributed by atoms with Crippen molar-refractivity contribution in [2.75, 3.05) is 27.7 Å². The molecule has 0 aromatic heterocycles. The first-order valence-electron chi connectivity index (χ1n) is 12.1. The van der Waals surface area contributed by atoms with E-state index >= 15 is 0 Å². The highest BCUT2D eigenvalue weighted by Crippen LogP contribution is 2.42. The molecule has 178 valence electrons. The van der Waals surface area contributed by atoms with Crippen molar-refractivity contribution in [3.63, 3.8) is 0 Å². The fraction of sp³-hybridized carbons (Fsp3) is 0.692. The van der Waals surface area contributed by atoms with Crippen molar-refractivity contribution in [2.24, 2.45) is 16.8 Å². The molecule has 0 radical (unpaired) electrons. The van der Waals surface area contributed by atoms with Gasteiger partial charge in [0.15, 0.2) is 5.54 Å². The quantitative estimate of drug-likeness (QED) is 0.498. The van der Waals surface area contributed by atoms with Gasteiger partial charge in [-0.25, -0.2) is 9.18 Å². The zero-order valence-corrected chi connectivity index (χ0v) is 20.4. The smallest absolute Gasteiger partial charge is 0.335 e. The molecule has 0 N–H and O–H groups in total. The maximum atomic E-state index is 13.9. The fourth-order valence-corrected chi connectivity index (χ4v) is 5.74. The lowest BCUT2D eigenvalue weighted by Crippen LogP contribution is -2.51. The van der Waals surface area contributed by atoms with Gasteiger partial charge in [0.05, 0.1) is 19.5 Å². The normalized spacial score (nSPS) is 28.8. The van der Waals surface area contributed by atoms with Gasteiger partial charge in [0.2, 0.25) is 0 Å². The van der Waals surface area contributed by atoms with Gasteiger partial charge in [0.25, 0.3) is 0 Å². The molecule has 0 spiro atoms. The van der Waals surface area contributed by atoms with E-state index in [9.17, 15) is 9.18 Å². The van der Waals surface area contributed by atoms with Crippen LogP contribution in [0.15, 0.2) is 29.3 Å². The van der Waals surface area contributed by atoms with Crippen LogP contribution in [0.4, 0.5) is 4.39 Å². The van der Waals surface area contributed by atoms with Gasteiger partial charge in [-0.3, -0.25) is 4.99 Å². The van der Waals surface area contributed by atoms with Crippen LogP contribution in [0.5, 0.6) is 0 Å². The highest BCUT2D eigenvalue weighted by molar-refractivity contribution is 5.85. The number of rotatable bonds is 9. The molecular weight excluding hydrogens is 405 g/mol. The summed E-state index contributed by atoms with van der Waals surface area (Å²) >= 11 is 0. The van der Waals surface area contributed by atoms with Gasteiger partial charge in [0, 0.05) is 12.6 Å². The number of benzene rings is 1. The average molecular weight is 446 g/mol. The zero-order chi connectivity index (χ0) is 23.3. The van der Waals surface area contributed by atoms with Crippen LogP contribution in [0.1, 0.15) is 70.4 Å². The van der Waals surface area contributed by atoms with E-state index < -0.39 is 5.54 Å². The summed E-state index contributed by atoms with van der Waals surface area (Å²) < 4.78 is 19.0. The Morgan fingerprint density at radius 3 is 2.62 bits per heavy atom. The molecule has 32 heavy (non-hydrogen) atoms. The lowest BCUT2D eigenvalue weighted by molar-refractivity contribution is -0.148. The number of halogens is 1. The Balaban J connectivity index is 1.67. The largest absolute Gasteiger partial charge is 0.467 e. The van der Waals surface area contributed by atoms with Crippen LogP contribution in [0.2, 0.25) is 0 Å². The molecule has 1 aromatic carbocycles. The number of ether oxygens (including phenoxy) is 1. The van der Waals surface area contributed by atoms with Crippen molar-refractivity contribution >= 4 is 12.3 Å². The molecule has 3 atom stereocenters. The summed E-state index contributed by atoms with van der Waals surface area (Å²) in [4.78, 5) is 21.7. The molecule has 1 fully saturated rings. The number of hydrogen-bond donors (Lipinski definition) is 0. The van der Waals surface area contributed by atoms with Crippen molar-refractivity contribution in [3.05, 3.63) is 35.6 Å². The van der Waals surface area contributed by atoms with Gasteiger partial charge in [0.1, 0.15) is 5.82 Å². The van der Waals surface area contributed by atoms with E-state index in [0.717, 1.165) is 57.1 Å². The van der Waals surface area contributed by atoms with Crippen LogP contribution in [0, 0.1) is 17.7 Å². The van der Waals surface area contributed by atoms with Gasteiger partial charge in [-0.1, -0.05) is 38.3 Å². The van der Waals surface area contributed by atoms with Crippen molar-refractivity contribution in [1.29, 1.82) is 0 Å². The predicted molar refractivity (Wildman–Crippen MR) is 127 cm³/mol. The average Bonchev–Trinajstić information content (AvgIpc) is 3.09. The van der Waals surface area contributed by atoms with Crippen LogP contribution in [-0.2, 0) is 9.53 Å². The Hall–Kier alpha value is -1.95. The van der Waals surface area contributed by atoms with E-state index in [0.29, 0.717) is 11.8 Å². The SMILES string of the molecule is CCCCN1C=NC(C)(C(=O)OC)C1CC1CCC(C(c2cccc(F)c2)N(C)C)CC1. The van der Waals surface area contributed by atoms with Gasteiger partial charge in [-0.2, -0.15) is 0 Å². The van der Waals surface area contributed by atoms with E-state index in [2.05, 4.69) is 35.8 Å². The Morgan fingerprint density at radius 1 is 1.31 bits per heavy atom. The molecule has 0 amide bonds. The lowest BCUT2D eigenvalue weighted by atomic mass is 9.73. The molecule has 1 aromatic rings. The molecule has 3 unspecified atom stereocenters. The molecule has 2 aliphatic rings. The number of carbonyl (C=O) groups is 1. The van der Waals surface area contributed by atoms with E-state index in [4.69, 9.17) is 4.74 Å². The molecular formula is C26H40FN3O2. The molecule has 1 aliphatic heterocycles. The molecule has 1 aliphatic carbocycles. The van der Waals surface area contributed by atoms with Gasteiger partial charge in [-0.05, 0) is 76.2 Å². The van der Waals surface area contributed by atoms with E-state index in [1.165, 1.54) is 13.2 Å². The minimum Gasteiger partial charge on any atom is -0.467 e. The molecule has 1 heterocycles. The second-order valence-electron chi connectivity index (χ2n) is 9.97. The second-order valence-corrected chi connectivity index (χ2v) is 9.97. The summed E-state index contributed by atoms with van der Waals surface area (Å²) in [5.74, 6) is 0.649. The van der Waals surface area contributed by atoms with Crippen LogP contribution in [0.3, 0.4) is 0 Å². The van der Waals surface area contributed by atoms with Crippen molar-refractivity contribution in [3.8, 4) is 0 Å². The number of nitrogens with zero attached hydrogens (tertiary/aromatic N) is 3. The Kier molecular flexibility index (Phi) is 8.32. The predicted octanol–water partition coefficient (Wildman–Crippen LogP) is 5.07. The molecule has 3 rings (SSSR count). The standard InChI is InChI=1S/C26H40FN3O2/c1-6-7-15-30-18-28-26(2,25(31)32-5)23(30)16-19-11-13-20(14-12-19)24(29(3)4)21-9-8-10-22(27)17-21/h8-10,17-20,23-24H,6-7,11-16H2,1-5H3. The summed E-state index contributed by atoms with van der Waals surface area (Å²) in [7, 11) is 5.63. The highest BCUT2D eigenvalue weighted by Gasteiger charge is 2.49.